The van der Waals surface area contributed by atoms with Crippen LogP contribution in [0.3, 0.4) is 0 Å². The van der Waals surface area contributed by atoms with Crippen molar-refractivity contribution in [2.75, 3.05) is 9.80 Å². The summed E-state index contributed by atoms with van der Waals surface area (Å²) in [6, 6.07) is 117. The summed E-state index contributed by atoms with van der Waals surface area (Å²) in [4.78, 5) is 4.73. The second kappa shape index (κ2) is 23.2. The summed E-state index contributed by atoms with van der Waals surface area (Å²) in [6.45, 7) is -0.525. The van der Waals surface area contributed by atoms with E-state index >= 15 is 0 Å². The average molecular weight is 1410 g/mol. The molecule has 6 aliphatic rings. The van der Waals surface area contributed by atoms with Crippen LogP contribution in [0, 0.1) is 0 Å². The van der Waals surface area contributed by atoms with Crippen molar-refractivity contribution in [3.05, 3.63) is 433 Å². The molecule has 24 rings (SSSR count). The van der Waals surface area contributed by atoms with Crippen molar-refractivity contribution in [2.24, 2.45) is 0 Å². The Morgan fingerprint density at radius 1 is 0.255 bits per heavy atom. The summed E-state index contributed by atoms with van der Waals surface area (Å²) >= 11 is 0. The highest BCUT2D eigenvalue weighted by Crippen LogP contribution is 2.65. The molecule has 18 aromatic rings. The Hall–Kier alpha value is -14.2. The highest BCUT2D eigenvalue weighted by atomic mass is 16.5. The van der Waals surface area contributed by atoms with Crippen molar-refractivity contribution in [3.63, 3.8) is 0 Å². The number of hydrogen-bond donors (Lipinski definition) is 0. The van der Waals surface area contributed by atoms with Crippen molar-refractivity contribution >= 4 is 79.0 Å². The van der Waals surface area contributed by atoms with Gasteiger partial charge >= 0.3 is 0 Å². The fraction of sp³-hybridized carbons (Fsp3) is 0.0192. The molecular weight excluding hydrogens is 1330 g/mol. The van der Waals surface area contributed by atoms with Gasteiger partial charge in [0.1, 0.15) is 23.0 Å². The Balaban J connectivity index is 0.822. The van der Waals surface area contributed by atoms with E-state index in [9.17, 15) is 11.0 Å². The molecule has 2 spiro atoms. The maximum absolute atomic E-state index is 10.1. The van der Waals surface area contributed by atoms with Crippen LogP contribution in [0.15, 0.2) is 388 Å². The van der Waals surface area contributed by atoms with Gasteiger partial charge in [0.15, 0.2) is 0 Å². The van der Waals surface area contributed by atoms with Gasteiger partial charge in [-0.1, -0.05) is 303 Å². The largest absolute Gasteiger partial charge is 0.457 e. The van der Waals surface area contributed by atoms with Crippen LogP contribution in [-0.2, 0) is 10.8 Å². The number of hydrogen-bond acceptors (Lipinski definition) is 4. The molecule has 0 saturated carbocycles. The number of nitrogens with zero attached hydrogens (tertiary/aromatic N) is 3. The summed E-state index contributed by atoms with van der Waals surface area (Å²) in [5.41, 5.74) is 27.6. The lowest BCUT2D eigenvalue weighted by Crippen LogP contribution is -2.61. The van der Waals surface area contributed by atoms with E-state index in [0.717, 1.165) is 185 Å². The maximum Gasteiger partial charge on any atom is 0.252 e. The van der Waals surface area contributed by atoms with Crippen molar-refractivity contribution in [1.29, 1.82) is 0 Å². The molecule has 0 unspecified atom stereocenters. The molecule has 110 heavy (non-hydrogen) atoms. The van der Waals surface area contributed by atoms with Crippen molar-refractivity contribution in [1.82, 2.24) is 4.57 Å². The molecule has 5 heterocycles. The molecule has 17 aromatic carbocycles. The number of fused-ring (bicyclic) bond motifs is 25. The molecule has 0 saturated heterocycles. The quantitative estimate of drug-likeness (QED) is 0.149. The molecular formula is C104H64BN3O2. The van der Waals surface area contributed by atoms with Crippen LogP contribution in [-0.4, -0.2) is 11.3 Å². The maximum atomic E-state index is 10.1. The van der Waals surface area contributed by atoms with Crippen LogP contribution < -0.4 is 35.7 Å². The Morgan fingerprint density at radius 2 is 0.600 bits per heavy atom. The smallest absolute Gasteiger partial charge is 0.252 e. The lowest BCUT2D eigenvalue weighted by Gasteiger charge is -2.45. The molecule has 6 heteroatoms. The zero-order valence-corrected chi connectivity index (χ0v) is 59.1. The zero-order valence-electron chi connectivity index (χ0n) is 67.1. The van der Waals surface area contributed by atoms with E-state index in [1.165, 1.54) is 0 Å². The van der Waals surface area contributed by atoms with Crippen LogP contribution >= 0.6 is 0 Å². The van der Waals surface area contributed by atoms with Gasteiger partial charge < -0.3 is 23.8 Å². The molecule has 4 aliphatic heterocycles. The van der Waals surface area contributed by atoms with Gasteiger partial charge in [0.2, 0.25) is 0 Å². The number of rotatable bonds is 7. The highest BCUT2D eigenvalue weighted by Gasteiger charge is 2.54. The summed E-state index contributed by atoms with van der Waals surface area (Å²) in [6.07, 6.45) is 0. The monoisotopic (exact) mass is 1410 g/mol. The van der Waals surface area contributed by atoms with E-state index in [0.29, 0.717) is 5.69 Å². The number of benzene rings is 17. The minimum absolute atomic E-state index is 0.00621. The first-order chi connectivity index (χ1) is 57.9. The molecule has 0 fully saturated rings. The summed E-state index contributed by atoms with van der Waals surface area (Å²) in [5, 5.41) is -0.0411. The lowest BCUT2D eigenvalue weighted by molar-refractivity contribution is 0.436. The topological polar surface area (TPSA) is 29.9 Å². The number of para-hydroxylation sites is 6. The van der Waals surface area contributed by atoms with Crippen LogP contribution in [0.1, 0.15) is 55.5 Å². The van der Waals surface area contributed by atoms with Gasteiger partial charge in [-0.15, -0.1) is 0 Å². The van der Waals surface area contributed by atoms with Gasteiger partial charge in [-0.2, -0.15) is 0 Å². The first kappa shape index (κ1) is 53.6. The van der Waals surface area contributed by atoms with Crippen LogP contribution in [0.4, 0.5) is 34.1 Å². The van der Waals surface area contributed by atoms with Gasteiger partial charge in [-0.25, -0.2) is 0 Å². The minimum atomic E-state index is -0.792. The van der Waals surface area contributed by atoms with E-state index in [1.807, 2.05) is 24.3 Å². The van der Waals surface area contributed by atoms with Gasteiger partial charge in [0.05, 0.1) is 49.9 Å². The Labute approximate surface area is 649 Å². The molecule has 1 aromatic heterocycles. The first-order valence-corrected chi connectivity index (χ1v) is 37.5. The molecule has 2 aliphatic carbocycles. The van der Waals surface area contributed by atoms with Crippen molar-refractivity contribution in [2.45, 2.75) is 10.8 Å². The summed E-state index contributed by atoms with van der Waals surface area (Å²) in [5.74, 6) is 3.06. The van der Waals surface area contributed by atoms with E-state index in [-0.39, 0.29) is 21.8 Å². The third kappa shape index (κ3) is 8.31. The molecule has 510 valence electrons. The molecule has 0 bridgehead atoms. The second-order valence-electron chi connectivity index (χ2n) is 29.4. The molecule has 0 atom stereocenters. The van der Waals surface area contributed by atoms with E-state index in [4.69, 9.17) is 9.47 Å². The first-order valence-electron chi connectivity index (χ1n) is 41.5. The van der Waals surface area contributed by atoms with Crippen LogP contribution in [0.5, 0.6) is 23.0 Å². The van der Waals surface area contributed by atoms with Gasteiger partial charge in [0.25, 0.3) is 6.71 Å². The third-order valence-electron chi connectivity index (χ3n) is 24.2. The zero-order chi connectivity index (χ0) is 78.9. The fourth-order valence-corrected chi connectivity index (χ4v) is 19.8. The predicted octanol–water partition coefficient (Wildman–Crippen LogP) is 24.5. The number of aromatic nitrogens is 1. The van der Waals surface area contributed by atoms with Gasteiger partial charge in [-0.3, -0.25) is 0 Å². The fourth-order valence-electron chi connectivity index (χ4n) is 19.8. The highest BCUT2D eigenvalue weighted by molar-refractivity contribution is 7.00. The minimum Gasteiger partial charge on any atom is -0.457 e. The van der Waals surface area contributed by atoms with E-state index < -0.39 is 65.9 Å². The SMILES string of the molecule is [2H]c1c([2H])c([2H])c2c(c1[2H])c1c([2H])c([2H])c([2H])c([2H])c1n2-c1cc2c3c(c1)N(c1ccccc1-c1ccc4c(c1)C1(c5ccccc5O4)c4ccccc4-c4ccccc41)c1ccc(-c4ccccc4)cc1B3c1cc(-c3ccccc3)ccc1N2c1ccccc1-c1ccc2c(c1)C1(c3ccccc3O2)c2ccccc2-c2ccccc21. The summed E-state index contributed by atoms with van der Waals surface area (Å²) in [7, 11) is 0. The van der Waals surface area contributed by atoms with Crippen LogP contribution in [0.2, 0.25) is 0 Å². The normalized spacial score (nSPS) is 15.1. The lowest BCUT2D eigenvalue weighted by atomic mass is 9.33. The Kier molecular flexibility index (Phi) is 11.3. The second-order valence-corrected chi connectivity index (χ2v) is 29.4. The van der Waals surface area contributed by atoms with E-state index in [1.54, 1.807) is 4.57 Å². The molecule has 5 nitrogen and oxygen atoms in total. The molecule has 0 radical (unpaired) electrons. The van der Waals surface area contributed by atoms with Crippen molar-refractivity contribution < 1.29 is 20.4 Å². The Bertz CT molecular complexity index is 6970. The van der Waals surface area contributed by atoms with Crippen molar-refractivity contribution in [3.8, 4) is 95.4 Å². The van der Waals surface area contributed by atoms with Gasteiger partial charge in [0, 0.05) is 66.9 Å². The molecule has 0 amide bonds. The third-order valence-corrected chi connectivity index (χ3v) is 24.2. The standard InChI is InChI=1S/C104H64BN3O2/c1-3-27-65(28-4-1)67-51-55-94-88(61-67)105-89-62-68(66-29-5-2-6-30-66)52-56-95(89)108(91-46-22-12-32-73(91)70-54-58-101-87(60-70)104(85-44-20-26-50-99(85)110-101)82-41-17-9-35-76(82)77-36-10-18-42-83(77)104)97-64-71(106-92-47-23-13-37-78(92)79-38-14-24-48-93(79)106)63-96(102(97)105)107(94)90-45-21-11-31-72(90)69-53-57-100-86(59-69)103(84-43-19-25-49-98(84)109-100)80-39-15-7-33-74(80)75-34-8-16-40-81(75)103/h1-64H/i13D,14D,23D,24D,37D,38D,47D,48D. The molecule has 0 N–H and O–H groups in total. The Morgan fingerprint density at radius 3 is 1.03 bits per heavy atom. The average Bonchev–Trinajstić information content (AvgIpc) is 1.34. The number of ether oxygens (including phenoxy) is 2. The van der Waals surface area contributed by atoms with Gasteiger partial charge in [-0.05, 0) is 179 Å². The van der Waals surface area contributed by atoms with Crippen LogP contribution in [0.25, 0.3) is 94.3 Å². The van der Waals surface area contributed by atoms with E-state index in [2.05, 4.69) is 325 Å². The predicted molar refractivity (Wildman–Crippen MR) is 451 cm³/mol. The summed E-state index contributed by atoms with van der Waals surface area (Å²) < 4.78 is 93.3. The number of anilines is 6.